The average Bonchev–Trinajstić information content (AvgIpc) is 3.18. The number of benzene rings is 1. The van der Waals surface area contributed by atoms with Gasteiger partial charge in [-0.3, -0.25) is 0 Å². The third-order valence-electron chi connectivity index (χ3n) is 3.73. The molecule has 112 valence electrons. The molecule has 1 N–H and O–H groups in total. The van der Waals surface area contributed by atoms with E-state index >= 15 is 0 Å². The minimum absolute atomic E-state index is 0.867. The molecule has 0 saturated heterocycles. The summed E-state index contributed by atoms with van der Waals surface area (Å²) in [5.41, 5.74) is 2.39. The molecule has 3 rings (SSSR count). The van der Waals surface area contributed by atoms with Gasteiger partial charge in [0.15, 0.2) is 0 Å². The van der Waals surface area contributed by atoms with Crippen LogP contribution in [0.25, 0.3) is 5.69 Å². The van der Waals surface area contributed by atoms with Gasteiger partial charge < -0.3 is 10.1 Å². The lowest BCUT2D eigenvalue weighted by Gasteiger charge is -2.07. The highest BCUT2D eigenvalue weighted by Crippen LogP contribution is 2.28. The van der Waals surface area contributed by atoms with E-state index in [0.29, 0.717) is 0 Å². The lowest BCUT2D eigenvalue weighted by atomic mass is 10.2. The summed E-state index contributed by atoms with van der Waals surface area (Å²) in [7, 11) is 0. The van der Waals surface area contributed by atoms with E-state index in [0.717, 1.165) is 44.3 Å². The first-order chi connectivity index (χ1) is 10.4. The number of ether oxygens (including phenoxy) is 1. The van der Waals surface area contributed by atoms with Crippen molar-refractivity contribution < 1.29 is 4.74 Å². The molecule has 0 spiro atoms. The van der Waals surface area contributed by atoms with Crippen LogP contribution in [-0.2, 0) is 11.3 Å². The van der Waals surface area contributed by atoms with Gasteiger partial charge in [-0.25, -0.2) is 4.68 Å². The summed E-state index contributed by atoms with van der Waals surface area (Å²) in [6.45, 7) is 3.75. The minimum Gasteiger partial charge on any atom is -0.381 e. The van der Waals surface area contributed by atoms with E-state index in [1.165, 1.54) is 18.4 Å². The Morgan fingerprint density at radius 2 is 2.10 bits per heavy atom. The molecule has 4 heteroatoms. The van der Waals surface area contributed by atoms with Gasteiger partial charge in [0.2, 0.25) is 0 Å². The average molecular weight is 285 g/mol. The van der Waals surface area contributed by atoms with Crippen LogP contribution in [0, 0.1) is 5.92 Å². The van der Waals surface area contributed by atoms with Crippen molar-refractivity contribution in [3.63, 3.8) is 0 Å². The van der Waals surface area contributed by atoms with Gasteiger partial charge in [0, 0.05) is 32.2 Å². The standard InChI is InChI=1S/C17H23N3O/c1-10-19-20(11-1)17-7-5-15(6-8-17)13-18-9-2-12-21-14-16-3-4-16/h1,5-8,10-11,16,18H,2-4,9,12-14H2. The van der Waals surface area contributed by atoms with Gasteiger partial charge in [-0.05, 0) is 55.5 Å². The first-order valence-corrected chi connectivity index (χ1v) is 7.79. The Labute approximate surface area is 126 Å². The number of nitrogens with zero attached hydrogens (tertiary/aromatic N) is 2. The van der Waals surface area contributed by atoms with Gasteiger partial charge in [-0.15, -0.1) is 0 Å². The third-order valence-corrected chi connectivity index (χ3v) is 3.73. The molecule has 2 aromatic rings. The molecule has 1 aromatic heterocycles. The molecule has 0 bridgehead atoms. The van der Waals surface area contributed by atoms with Crippen molar-refractivity contribution >= 4 is 0 Å². The highest BCUT2D eigenvalue weighted by atomic mass is 16.5. The maximum absolute atomic E-state index is 5.62. The number of rotatable bonds is 9. The highest BCUT2D eigenvalue weighted by Gasteiger charge is 2.20. The molecule has 0 unspecified atom stereocenters. The lowest BCUT2D eigenvalue weighted by Crippen LogP contribution is -2.16. The van der Waals surface area contributed by atoms with Gasteiger partial charge in [-0.2, -0.15) is 5.10 Å². The largest absolute Gasteiger partial charge is 0.381 e. The molecule has 0 amide bonds. The van der Waals surface area contributed by atoms with Crippen LogP contribution in [0.3, 0.4) is 0 Å². The topological polar surface area (TPSA) is 39.1 Å². The fraction of sp³-hybridized carbons (Fsp3) is 0.471. The first kappa shape index (κ1) is 14.3. The minimum atomic E-state index is 0.867. The van der Waals surface area contributed by atoms with Crippen molar-refractivity contribution in [2.45, 2.75) is 25.8 Å². The van der Waals surface area contributed by atoms with Crippen molar-refractivity contribution in [3.8, 4) is 5.69 Å². The summed E-state index contributed by atoms with van der Waals surface area (Å²) in [4.78, 5) is 0. The zero-order valence-corrected chi connectivity index (χ0v) is 12.4. The van der Waals surface area contributed by atoms with E-state index in [9.17, 15) is 0 Å². The summed E-state index contributed by atoms with van der Waals surface area (Å²) in [5, 5.41) is 7.68. The van der Waals surface area contributed by atoms with E-state index in [1.807, 2.05) is 16.9 Å². The molecule has 1 heterocycles. The molecule has 1 aromatic carbocycles. The molecular formula is C17H23N3O. The van der Waals surface area contributed by atoms with Crippen LogP contribution in [0.5, 0.6) is 0 Å². The normalized spacial score (nSPS) is 14.5. The Hall–Kier alpha value is -1.65. The van der Waals surface area contributed by atoms with Crippen molar-refractivity contribution in [1.82, 2.24) is 15.1 Å². The second-order valence-corrected chi connectivity index (χ2v) is 5.67. The molecule has 1 aliphatic carbocycles. The van der Waals surface area contributed by atoms with Gasteiger partial charge in [0.05, 0.1) is 5.69 Å². The van der Waals surface area contributed by atoms with E-state index in [-0.39, 0.29) is 0 Å². The zero-order chi connectivity index (χ0) is 14.3. The number of aromatic nitrogens is 2. The molecule has 1 aliphatic rings. The molecule has 0 atom stereocenters. The second kappa shape index (κ2) is 7.38. The van der Waals surface area contributed by atoms with E-state index in [2.05, 4.69) is 34.7 Å². The maximum atomic E-state index is 5.62. The lowest BCUT2D eigenvalue weighted by molar-refractivity contribution is 0.122. The molecule has 1 fully saturated rings. The summed E-state index contributed by atoms with van der Waals surface area (Å²) in [6, 6.07) is 10.4. The summed E-state index contributed by atoms with van der Waals surface area (Å²) >= 11 is 0. The smallest absolute Gasteiger partial charge is 0.0645 e. The Kier molecular flexibility index (Phi) is 5.03. The summed E-state index contributed by atoms with van der Waals surface area (Å²) < 4.78 is 7.49. The highest BCUT2D eigenvalue weighted by molar-refractivity contribution is 5.33. The third kappa shape index (κ3) is 4.69. The Bertz CT molecular complexity index is 517. The Morgan fingerprint density at radius 1 is 1.24 bits per heavy atom. The van der Waals surface area contributed by atoms with Crippen molar-refractivity contribution in [2.24, 2.45) is 5.92 Å². The van der Waals surface area contributed by atoms with E-state index < -0.39 is 0 Å². The Morgan fingerprint density at radius 3 is 2.81 bits per heavy atom. The molecule has 0 aliphatic heterocycles. The van der Waals surface area contributed by atoms with Gasteiger partial charge in [0.25, 0.3) is 0 Å². The summed E-state index contributed by atoms with van der Waals surface area (Å²) in [6.07, 6.45) is 7.56. The van der Waals surface area contributed by atoms with Crippen molar-refractivity contribution in [1.29, 1.82) is 0 Å². The monoisotopic (exact) mass is 285 g/mol. The number of hydrogen-bond donors (Lipinski definition) is 1. The predicted octanol–water partition coefficient (Wildman–Crippen LogP) is 2.78. The van der Waals surface area contributed by atoms with Crippen LogP contribution < -0.4 is 5.32 Å². The molecule has 4 nitrogen and oxygen atoms in total. The number of hydrogen-bond acceptors (Lipinski definition) is 3. The maximum Gasteiger partial charge on any atom is 0.0645 e. The van der Waals surface area contributed by atoms with E-state index in [4.69, 9.17) is 4.74 Å². The van der Waals surface area contributed by atoms with Crippen LogP contribution in [0.4, 0.5) is 0 Å². The SMILES string of the molecule is c1cnn(-c2ccc(CNCCCOCC3CC3)cc2)c1. The van der Waals surface area contributed by atoms with Crippen molar-refractivity contribution in [3.05, 3.63) is 48.3 Å². The predicted molar refractivity (Wildman–Crippen MR) is 83.4 cm³/mol. The van der Waals surface area contributed by atoms with Crippen LogP contribution >= 0.6 is 0 Å². The molecule has 1 saturated carbocycles. The van der Waals surface area contributed by atoms with Crippen LogP contribution in [0.1, 0.15) is 24.8 Å². The van der Waals surface area contributed by atoms with Gasteiger partial charge in [0.1, 0.15) is 0 Å². The quantitative estimate of drug-likeness (QED) is 0.720. The van der Waals surface area contributed by atoms with Crippen LogP contribution in [0.15, 0.2) is 42.7 Å². The number of nitrogens with one attached hydrogen (secondary N) is 1. The van der Waals surface area contributed by atoms with E-state index in [1.54, 1.807) is 6.20 Å². The molecular weight excluding hydrogens is 262 g/mol. The van der Waals surface area contributed by atoms with Crippen LogP contribution in [-0.4, -0.2) is 29.5 Å². The first-order valence-electron chi connectivity index (χ1n) is 7.79. The zero-order valence-electron chi connectivity index (χ0n) is 12.4. The van der Waals surface area contributed by atoms with Gasteiger partial charge >= 0.3 is 0 Å². The van der Waals surface area contributed by atoms with Crippen molar-refractivity contribution in [2.75, 3.05) is 19.8 Å². The molecule has 21 heavy (non-hydrogen) atoms. The van der Waals surface area contributed by atoms with Gasteiger partial charge in [-0.1, -0.05) is 12.1 Å². The summed E-state index contributed by atoms with van der Waals surface area (Å²) in [5.74, 6) is 0.867. The second-order valence-electron chi connectivity index (χ2n) is 5.67. The fourth-order valence-corrected chi connectivity index (χ4v) is 2.25. The van der Waals surface area contributed by atoms with Crippen LogP contribution in [0.2, 0.25) is 0 Å². The molecule has 0 radical (unpaired) electrons. The Balaban J connectivity index is 1.31. The fourth-order valence-electron chi connectivity index (χ4n) is 2.25.